The maximum atomic E-state index is 12.1. The summed E-state index contributed by atoms with van der Waals surface area (Å²) in [4.78, 5) is 16.1. The molecular formula is C13H21N5O. The molecule has 0 radical (unpaired) electrons. The summed E-state index contributed by atoms with van der Waals surface area (Å²) in [6.07, 6.45) is 6.92. The van der Waals surface area contributed by atoms with Crippen LogP contribution in [-0.2, 0) is 4.79 Å². The number of carbonyl (C=O) groups is 1. The van der Waals surface area contributed by atoms with Crippen LogP contribution >= 0.6 is 0 Å². The third kappa shape index (κ3) is 2.94. The van der Waals surface area contributed by atoms with E-state index in [0.717, 1.165) is 12.8 Å². The molecule has 2 saturated heterocycles. The van der Waals surface area contributed by atoms with E-state index in [0.29, 0.717) is 30.2 Å². The fourth-order valence-corrected chi connectivity index (χ4v) is 3.40. The summed E-state index contributed by atoms with van der Waals surface area (Å²) >= 11 is 0. The molecule has 104 valence electrons. The van der Waals surface area contributed by atoms with Crippen molar-refractivity contribution in [2.45, 2.75) is 57.2 Å². The standard InChI is InChI=1S/C13H21N5O/c1-8(13-14-7-15-18-13)16-12(19)6-9-4-10-2-3-11(5-9)17-10/h7-11,17H,2-6H2,1H3,(H,16,19)(H,14,15,18). The number of nitrogens with zero attached hydrogens (tertiary/aromatic N) is 2. The van der Waals surface area contributed by atoms with Crippen molar-refractivity contribution < 1.29 is 4.79 Å². The summed E-state index contributed by atoms with van der Waals surface area (Å²) in [6.45, 7) is 1.92. The molecule has 6 heteroatoms. The summed E-state index contributed by atoms with van der Waals surface area (Å²) in [5.41, 5.74) is 0. The predicted octanol–water partition coefficient (Wildman–Crippen LogP) is 0.903. The number of piperidine rings is 1. The average Bonchev–Trinajstić information content (AvgIpc) is 2.99. The number of carbonyl (C=O) groups excluding carboxylic acids is 1. The zero-order valence-corrected chi connectivity index (χ0v) is 11.2. The van der Waals surface area contributed by atoms with Gasteiger partial charge in [-0.25, -0.2) is 4.98 Å². The minimum Gasteiger partial charge on any atom is -0.346 e. The zero-order chi connectivity index (χ0) is 13.2. The van der Waals surface area contributed by atoms with Gasteiger partial charge in [-0.1, -0.05) is 0 Å². The van der Waals surface area contributed by atoms with Crippen LogP contribution in [0.2, 0.25) is 0 Å². The van der Waals surface area contributed by atoms with Crippen molar-refractivity contribution in [3.63, 3.8) is 0 Å². The molecule has 0 aromatic carbocycles. The molecule has 2 aliphatic rings. The first-order valence-electron chi connectivity index (χ1n) is 7.11. The van der Waals surface area contributed by atoms with Crippen molar-refractivity contribution in [1.82, 2.24) is 25.8 Å². The number of fused-ring (bicyclic) bond motifs is 2. The van der Waals surface area contributed by atoms with E-state index < -0.39 is 0 Å². The molecule has 3 N–H and O–H groups in total. The van der Waals surface area contributed by atoms with Crippen LogP contribution in [0.4, 0.5) is 0 Å². The van der Waals surface area contributed by atoms with Crippen molar-refractivity contribution in [1.29, 1.82) is 0 Å². The first kappa shape index (κ1) is 12.6. The van der Waals surface area contributed by atoms with Gasteiger partial charge in [-0.05, 0) is 38.5 Å². The monoisotopic (exact) mass is 263 g/mol. The first-order valence-corrected chi connectivity index (χ1v) is 7.11. The lowest BCUT2D eigenvalue weighted by atomic mass is 9.89. The molecule has 0 aliphatic carbocycles. The molecular weight excluding hydrogens is 242 g/mol. The maximum Gasteiger partial charge on any atom is 0.220 e. The average molecular weight is 263 g/mol. The van der Waals surface area contributed by atoms with Gasteiger partial charge in [0.1, 0.15) is 12.2 Å². The SMILES string of the molecule is CC(NC(=O)CC1CC2CCC(C1)N2)c1ncn[nH]1. The summed E-state index contributed by atoms with van der Waals surface area (Å²) in [7, 11) is 0. The van der Waals surface area contributed by atoms with Gasteiger partial charge in [0.15, 0.2) is 0 Å². The van der Waals surface area contributed by atoms with Crippen LogP contribution < -0.4 is 10.6 Å². The normalized spacial score (nSPS) is 31.1. The molecule has 3 atom stereocenters. The highest BCUT2D eigenvalue weighted by atomic mass is 16.1. The Morgan fingerprint density at radius 1 is 1.47 bits per heavy atom. The van der Waals surface area contributed by atoms with Crippen LogP contribution in [0, 0.1) is 5.92 Å². The molecule has 1 amide bonds. The zero-order valence-electron chi connectivity index (χ0n) is 11.2. The number of aromatic amines is 1. The first-order chi connectivity index (χ1) is 9.20. The lowest BCUT2D eigenvalue weighted by Gasteiger charge is -2.28. The summed E-state index contributed by atoms with van der Waals surface area (Å²) in [6, 6.07) is 1.18. The molecule has 0 saturated carbocycles. The van der Waals surface area contributed by atoms with Gasteiger partial charge in [0.25, 0.3) is 0 Å². The number of hydrogen-bond donors (Lipinski definition) is 3. The van der Waals surface area contributed by atoms with Gasteiger partial charge >= 0.3 is 0 Å². The van der Waals surface area contributed by atoms with E-state index in [1.54, 1.807) is 0 Å². The highest BCUT2D eigenvalue weighted by Gasteiger charge is 2.34. The molecule has 2 bridgehead atoms. The van der Waals surface area contributed by atoms with Gasteiger partial charge in [0.2, 0.25) is 5.91 Å². The lowest BCUT2D eigenvalue weighted by molar-refractivity contribution is -0.123. The highest BCUT2D eigenvalue weighted by Crippen LogP contribution is 2.32. The lowest BCUT2D eigenvalue weighted by Crippen LogP contribution is -2.40. The topological polar surface area (TPSA) is 82.7 Å². The Labute approximate surface area is 112 Å². The van der Waals surface area contributed by atoms with Crippen molar-refractivity contribution in [2.75, 3.05) is 0 Å². The molecule has 2 aliphatic heterocycles. The molecule has 1 aromatic rings. The molecule has 3 unspecified atom stereocenters. The molecule has 19 heavy (non-hydrogen) atoms. The molecule has 2 fully saturated rings. The van der Waals surface area contributed by atoms with Crippen LogP contribution in [0.1, 0.15) is 50.9 Å². The Bertz CT molecular complexity index is 420. The number of nitrogens with one attached hydrogen (secondary N) is 3. The second-order valence-corrected chi connectivity index (χ2v) is 5.84. The van der Waals surface area contributed by atoms with Crippen molar-refractivity contribution in [3.8, 4) is 0 Å². The van der Waals surface area contributed by atoms with Crippen molar-refractivity contribution in [2.24, 2.45) is 5.92 Å². The molecule has 3 heterocycles. The summed E-state index contributed by atoms with van der Waals surface area (Å²) in [5.74, 6) is 1.36. The summed E-state index contributed by atoms with van der Waals surface area (Å²) < 4.78 is 0. The Kier molecular flexibility index (Phi) is 3.50. The predicted molar refractivity (Wildman–Crippen MR) is 70.2 cm³/mol. The molecule has 1 aromatic heterocycles. The van der Waals surface area contributed by atoms with Crippen LogP contribution in [0.15, 0.2) is 6.33 Å². The third-order valence-corrected chi connectivity index (χ3v) is 4.27. The van der Waals surface area contributed by atoms with E-state index >= 15 is 0 Å². The Hall–Kier alpha value is -1.43. The van der Waals surface area contributed by atoms with Gasteiger partial charge in [0.05, 0.1) is 6.04 Å². The Balaban J connectivity index is 1.49. The second-order valence-electron chi connectivity index (χ2n) is 5.84. The fourth-order valence-electron chi connectivity index (χ4n) is 3.40. The number of hydrogen-bond acceptors (Lipinski definition) is 4. The molecule has 3 rings (SSSR count). The van der Waals surface area contributed by atoms with Gasteiger partial charge in [-0.2, -0.15) is 5.10 Å². The third-order valence-electron chi connectivity index (χ3n) is 4.27. The number of rotatable bonds is 4. The minimum absolute atomic E-state index is 0.103. The van der Waals surface area contributed by atoms with Crippen LogP contribution in [0.5, 0.6) is 0 Å². The van der Waals surface area contributed by atoms with Crippen LogP contribution in [0.25, 0.3) is 0 Å². The Morgan fingerprint density at radius 2 is 2.21 bits per heavy atom. The van der Waals surface area contributed by atoms with E-state index in [1.807, 2.05) is 6.92 Å². The van der Waals surface area contributed by atoms with E-state index in [2.05, 4.69) is 25.8 Å². The smallest absolute Gasteiger partial charge is 0.220 e. The maximum absolute atomic E-state index is 12.1. The van der Waals surface area contributed by atoms with Crippen molar-refractivity contribution >= 4 is 5.91 Å². The highest BCUT2D eigenvalue weighted by molar-refractivity contribution is 5.76. The van der Waals surface area contributed by atoms with E-state index in [9.17, 15) is 4.79 Å². The second kappa shape index (κ2) is 5.28. The molecule has 6 nitrogen and oxygen atoms in total. The number of aromatic nitrogens is 3. The minimum atomic E-state index is -0.103. The number of H-pyrrole nitrogens is 1. The van der Waals surface area contributed by atoms with E-state index in [-0.39, 0.29) is 11.9 Å². The van der Waals surface area contributed by atoms with Gasteiger partial charge in [-0.3, -0.25) is 9.89 Å². The number of amides is 1. The van der Waals surface area contributed by atoms with Crippen LogP contribution in [-0.4, -0.2) is 33.2 Å². The van der Waals surface area contributed by atoms with Gasteiger partial charge in [-0.15, -0.1) is 0 Å². The Morgan fingerprint density at radius 3 is 2.84 bits per heavy atom. The van der Waals surface area contributed by atoms with E-state index in [4.69, 9.17) is 0 Å². The van der Waals surface area contributed by atoms with Crippen LogP contribution in [0.3, 0.4) is 0 Å². The van der Waals surface area contributed by atoms with Gasteiger partial charge in [0, 0.05) is 18.5 Å². The quantitative estimate of drug-likeness (QED) is 0.754. The summed E-state index contributed by atoms with van der Waals surface area (Å²) in [5, 5.41) is 13.2. The molecule has 0 spiro atoms. The van der Waals surface area contributed by atoms with Crippen molar-refractivity contribution in [3.05, 3.63) is 12.2 Å². The fraction of sp³-hybridized carbons (Fsp3) is 0.769. The van der Waals surface area contributed by atoms with E-state index in [1.165, 1.54) is 19.2 Å². The largest absolute Gasteiger partial charge is 0.346 e. The van der Waals surface area contributed by atoms with Gasteiger partial charge < -0.3 is 10.6 Å².